The van der Waals surface area contributed by atoms with Crippen molar-refractivity contribution >= 4 is 6.29 Å². The Morgan fingerprint density at radius 1 is 1.12 bits per heavy atom. The summed E-state index contributed by atoms with van der Waals surface area (Å²) in [7, 11) is 0. The fourth-order valence-electron chi connectivity index (χ4n) is 2.63. The number of rotatable bonds is 4. The van der Waals surface area contributed by atoms with E-state index in [4.69, 9.17) is 0 Å². The molecule has 0 saturated carbocycles. The lowest BCUT2D eigenvalue weighted by atomic mass is 10.1. The molecule has 0 aromatic heterocycles. The molecule has 0 bridgehead atoms. The molecule has 0 spiro atoms. The lowest BCUT2D eigenvalue weighted by molar-refractivity contribution is -0.113. The molecule has 0 radical (unpaired) electrons. The summed E-state index contributed by atoms with van der Waals surface area (Å²) in [6.45, 7) is 7.52. The Balaban J connectivity index is 1.72. The van der Waals surface area contributed by atoms with Crippen molar-refractivity contribution in [3.8, 4) is 0 Å². The first kappa shape index (κ1) is 12.0. The third kappa shape index (κ3) is 3.27. The fourth-order valence-corrected chi connectivity index (χ4v) is 2.63. The van der Waals surface area contributed by atoms with E-state index in [1.165, 1.54) is 32.4 Å². The van der Waals surface area contributed by atoms with Crippen molar-refractivity contribution in [2.45, 2.75) is 25.3 Å². The Bertz CT molecular complexity index is 216. The van der Waals surface area contributed by atoms with Crippen LogP contribution in [0.5, 0.6) is 0 Å². The highest BCUT2D eigenvalue weighted by atomic mass is 16.1. The van der Waals surface area contributed by atoms with Crippen LogP contribution in [0.2, 0.25) is 0 Å². The molecule has 0 aromatic carbocycles. The number of aldehydes is 1. The third-order valence-corrected chi connectivity index (χ3v) is 3.71. The summed E-state index contributed by atoms with van der Waals surface area (Å²) in [5, 5.41) is 3.27. The molecular formula is C12H23N3O. The van der Waals surface area contributed by atoms with Gasteiger partial charge in [0.05, 0.1) is 6.04 Å². The second-order valence-electron chi connectivity index (χ2n) is 4.85. The highest BCUT2D eigenvalue weighted by Crippen LogP contribution is 2.09. The topological polar surface area (TPSA) is 35.6 Å². The molecule has 4 heteroatoms. The Hall–Kier alpha value is -0.450. The van der Waals surface area contributed by atoms with E-state index in [1.807, 2.05) is 0 Å². The van der Waals surface area contributed by atoms with E-state index in [-0.39, 0.29) is 6.04 Å². The van der Waals surface area contributed by atoms with Crippen LogP contribution in [-0.4, -0.2) is 67.9 Å². The fraction of sp³-hybridized carbons (Fsp3) is 0.917. The normalized spacial score (nSPS) is 29.1. The van der Waals surface area contributed by atoms with Crippen LogP contribution in [0.25, 0.3) is 0 Å². The van der Waals surface area contributed by atoms with Crippen LogP contribution in [-0.2, 0) is 4.79 Å². The van der Waals surface area contributed by atoms with Crippen LogP contribution in [0.4, 0.5) is 0 Å². The number of likely N-dealkylation sites (tertiary alicyclic amines) is 1. The van der Waals surface area contributed by atoms with Crippen molar-refractivity contribution in [1.82, 2.24) is 15.1 Å². The molecule has 4 nitrogen and oxygen atoms in total. The molecule has 0 aromatic rings. The largest absolute Gasteiger partial charge is 0.313 e. The van der Waals surface area contributed by atoms with Crippen molar-refractivity contribution in [2.75, 3.05) is 45.8 Å². The van der Waals surface area contributed by atoms with Crippen molar-refractivity contribution < 1.29 is 4.79 Å². The monoisotopic (exact) mass is 225 g/mol. The Labute approximate surface area is 98.0 Å². The van der Waals surface area contributed by atoms with Crippen molar-refractivity contribution in [3.63, 3.8) is 0 Å². The van der Waals surface area contributed by atoms with Gasteiger partial charge in [0.2, 0.25) is 0 Å². The van der Waals surface area contributed by atoms with Crippen molar-refractivity contribution in [2.24, 2.45) is 0 Å². The van der Waals surface area contributed by atoms with Gasteiger partial charge in [0.25, 0.3) is 0 Å². The number of hydrogen-bond acceptors (Lipinski definition) is 4. The van der Waals surface area contributed by atoms with Crippen molar-refractivity contribution in [3.05, 3.63) is 0 Å². The molecule has 2 aliphatic heterocycles. The van der Waals surface area contributed by atoms with Crippen LogP contribution < -0.4 is 5.32 Å². The predicted octanol–water partition coefficient (Wildman–Crippen LogP) is -0.0550. The SMILES string of the molecule is O=CC1CNCCN1CCN1CCCCC1. The minimum atomic E-state index is 0.0959. The summed E-state index contributed by atoms with van der Waals surface area (Å²) in [5.41, 5.74) is 0. The maximum atomic E-state index is 10.9. The molecular weight excluding hydrogens is 202 g/mol. The highest BCUT2D eigenvalue weighted by Gasteiger charge is 2.21. The lowest BCUT2D eigenvalue weighted by Gasteiger charge is -2.35. The summed E-state index contributed by atoms with van der Waals surface area (Å²) >= 11 is 0. The zero-order valence-corrected chi connectivity index (χ0v) is 10.0. The second kappa shape index (κ2) is 6.33. The Morgan fingerprint density at radius 3 is 2.69 bits per heavy atom. The van der Waals surface area contributed by atoms with Gasteiger partial charge in [-0.1, -0.05) is 6.42 Å². The summed E-state index contributed by atoms with van der Waals surface area (Å²) < 4.78 is 0. The molecule has 1 unspecified atom stereocenters. The summed E-state index contributed by atoms with van der Waals surface area (Å²) in [6, 6.07) is 0.0959. The summed E-state index contributed by atoms with van der Waals surface area (Å²) in [5.74, 6) is 0. The zero-order chi connectivity index (χ0) is 11.2. The van der Waals surface area contributed by atoms with Gasteiger partial charge in [-0.25, -0.2) is 0 Å². The van der Waals surface area contributed by atoms with E-state index in [9.17, 15) is 4.79 Å². The number of carbonyl (C=O) groups excluding carboxylic acids is 1. The first-order valence-electron chi connectivity index (χ1n) is 6.52. The number of piperidine rings is 1. The molecule has 2 aliphatic rings. The van der Waals surface area contributed by atoms with Crippen LogP contribution in [0.3, 0.4) is 0 Å². The average Bonchev–Trinajstić information content (AvgIpc) is 2.38. The molecule has 1 N–H and O–H groups in total. The molecule has 0 amide bonds. The van der Waals surface area contributed by atoms with Gasteiger partial charge in [-0.2, -0.15) is 0 Å². The zero-order valence-electron chi connectivity index (χ0n) is 10.0. The maximum absolute atomic E-state index is 10.9. The molecule has 2 saturated heterocycles. The maximum Gasteiger partial charge on any atom is 0.138 e. The van der Waals surface area contributed by atoms with Gasteiger partial charge in [-0.15, -0.1) is 0 Å². The Kier molecular flexibility index (Phi) is 4.75. The van der Waals surface area contributed by atoms with Gasteiger partial charge in [-0.05, 0) is 25.9 Å². The third-order valence-electron chi connectivity index (χ3n) is 3.71. The second-order valence-corrected chi connectivity index (χ2v) is 4.85. The first-order chi connectivity index (χ1) is 7.90. The molecule has 0 aliphatic carbocycles. The molecule has 2 heterocycles. The smallest absolute Gasteiger partial charge is 0.138 e. The van der Waals surface area contributed by atoms with Crippen LogP contribution >= 0.6 is 0 Å². The molecule has 92 valence electrons. The summed E-state index contributed by atoms with van der Waals surface area (Å²) in [6.07, 6.45) is 5.17. The number of nitrogens with zero attached hydrogens (tertiary/aromatic N) is 2. The first-order valence-corrected chi connectivity index (χ1v) is 6.52. The standard InChI is InChI=1S/C12H23N3O/c16-11-12-10-13-4-7-15(12)9-8-14-5-2-1-3-6-14/h11-13H,1-10H2. The van der Waals surface area contributed by atoms with Crippen LogP contribution in [0.15, 0.2) is 0 Å². The Morgan fingerprint density at radius 2 is 1.94 bits per heavy atom. The highest BCUT2D eigenvalue weighted by molar-refractivity contribution is 5.58. The minimum absolute atomic E-state index is 0.0959. The van der Waals surface area contributed by atoms with Gasteiger partial charge in [-0.3, -0.25) is 4.90 Å². The van der Waals surface area contributed by atoms with Gasteiger partial charge >= 0.3 is 0 Å². The number of hydrogen-bond donors (Lipinski definition) is 1. The van der Waals surface area contributed by atoms with E-state index >= 15 is 0 Å². The van der Waals surface area contributed by atoms with Crippen LogP contribution in [0, 0.1) is 0 Å². The van der Waals surface area contributed by atoms with Gasteiger partial charge in [0.1, 0.15) is 6.29 Å². The van der Waals surface area contributed by atoms with E-state index in [1.54, 1.807) is 0 Å². The molecule has 16 heavy (non-hydrogen) atoms. The van der Waals surface area contributed by atoms with Gasteiger partial charge in [0, 0.05) is 32.7 Å². The van der Waals surface area contributed by atoms with E-state index < -0.39 is 0 Å². The summed E-state index contributed by atoms with van der Waals surface area (Å²) in [4.78, 5) is 15.8. The number of nitrogens with one attached hydrogen (secondary N) is 1. The molecule has 2 rings (SSSR count). The van der Waals surface area contributed by atoms with E-state index in [0.29, 0.717) is 0 Å². The average molecular weight is 225 g/mol. The molecule has 2 fully saturated rings. The predicted molar refractivity (Wildman–Crippen MR) is 64.6 cm³/mol. The van der Waals surface area contributed by atoms with E-state index in [2.05, 4.69) is 15.1 Å². The van der Waals surface area contributed by atoms with Crippen molar-refractivity contribution in [1.29, 1.82) is 0 Å². The minimum Gasteiger partial charge on any atom is -0.313 e. The number of carbonyl (C=O) groups is 1. The van der Waals surface area contributed by atoms with Gasteiger partial charge < -0.3 is 15.0 Å². The quantitative estimate of drug-likeness (QED) is 0.680. The van der Waals surface area contributed by atoms with Gasteiger partial charge in [0.15, 0.2) is 0 Å². The molecule has 1 atom stereocenters. The van der Waals surface area contributed by atoms with E-state index in [0.717, 1.165) is 39.0 Å². The number of piperazine rings is 1. The lowest BCUT2D eigenvalue weighted by Crippen LogP contribution is -2.54. The van der Waals surface area contributed by atoms with Crippen LogP contribution in [0.1, 0.15) is 19.3 Å².